The topological polar surface area (TPSA) is 20.2 Å². The molecular weight excluding hydrogens is 136 g/mol. The van der Waals surface area contributed by atoms with E-state index in [9.17, 15) is 5.11 Å². The Morgan fingerprint density at radius 1 is 1.09 bits per heavy atom. The van der Waals surface area contributed by atoms with Gasteiger partial charge in [0.05, 0.1) is 6.10 Å². The van der Waals surface area contributed by atoms with Gasteiger partial charge in [0.15, 0.2) is 0 Å². The van der Waals surface area contributed by atoms with Gasteiger partial charge in [0.25, 0.3) is 0 Å². The molecule has 0 saturated carbocycles. The van der Waals surface area contributed by atoms with Crippen molar-refractivity contribution in [3.05, 3.63) is 0 Å². The minimum Gasteiger partial charge on any atom is -0.393 e. The van der Waals surface area contributed by atoms with E-state index in [-0.39, 0.29) is 6.10 Å². The van der Waals surface area contributed by atoms with Crippen molar-refractivity contribution in [3.8, 4) is 0 Å². The summed E-state index contributed by atoms with van der Waals surface area (Å²) in [6.45, 7) is 10.7. The molecule has 0 saturated heterocycles. The van der Waals surface area contributed by atoms with Crippen molar-refractivity contribution < 1.29 is 5.11 Å². The van der Waals surface area contributed by atoms with E-state index >= 15 is 0 Å². The van der Waals surface area contributed by atoms with Crippen LogP contribution in [0.15, 0.2) is 0 Å². The highest BCUT2D eigenvalue weighted by Crippen LogP contribution is 2.25. The van der Waals surface area contributed by atoms with Gasteiger partial charge in [-0.15, -0.1) is 0 Å². The van der Waals surface area contributed by atoms with Crippen LogP contribution in [0.3, 0.4) is 0 Å². The Morgan fingerprint density at radius 2 is 1.55 bits per heavy atom. The minimum atomic E-state index is -0.155. The van der Waals surface area contributed by atoms with Crippen LogP contribution in [0.1, 0.15) is 41.0 Å². The van der Waals surface area contributed by atoms with E-state index in [1.54, 1.807) is 0 Å². The number of aliphatic hydroxyl groups is 1. The number of aliphatic hydroxyl groups excluding tert-OH is 1. The predicted octanol–water partition coefficient (Wildman–Crippen LogP) is 2.69. The van der Waals surface area contributed by atoms with Crippen molar-refractivity contribution in [1.82, 2.24) is 0 Å². The summed E-state index contributed by atoms with van der Waals surface area (Å²) in [6, 6.07) is 0. The normalized spacial score (nSPS) is 19.9. The lowest BCUT2D eigenvalue weighted by Crippen LogP contribution is -2.26. The molecule has 11 heavy (non-hydrogen) atoms. The molecule has 0 fully saturated rings. The second-order valence-corrected chi connectivity index (χ2v) is 3.92. The van der Waals surface area contributed by atoms with Crippen LogP contribution in [-0.2, 0) is 0 Å². The van der Waals surface area contributed by atoms with Crippen molar-refractivity contribution in [2.24, 2.45) is 17.8 Å². The monoisotopic (exact) mass is 158 g/mol. The lowest BCUT2D eigenvalue weighted by molar-refractivity contribution is 0.0742. The Hall–Kier alpha value is -0.0400. The smallest absolute Gasteiger partial charge is 0.0542 e. The molecule has 0 aromatic carbocycles. The maximum Gasteiger partial charge on any atom is 0.0542 e. The summed E-state index contributed by atoms with van der Waals surface area (Å²) < 4.78 is 0. The van der Waals surface area contributed by atoms with Gasteiger partial charge >= 0.3 is 0 Å². The minimum absolute atomic E-state index is 0.155. The zero-order valence-electron chi connectivity index (χ0n) is 8.46. The van der Waals surface area contributed by atoms with E-state index in [2.05, 4.69) is 27.7 Å². The molecule has 0 bridgehead atoms. The maximum atomic E-state index is 9.43. The molecule has 0 heterocycles. The zero-order valence-corrected chi connectivity index (χ0v) is 8.46. The second-order valence-electron chi connectivity index (χ2n) is 3.92. The molecule has 0 aliphatic carbocycles. The highest BCUT2D eigenvalue weighted by Gasteiger charge is 2.22. The summed E-state index contributed by atoms with van der Waals surface area (Å²) in [7, 11) is 0. The molecule has 0 aliphatic heterocycles. The van der Waals surface area contributed by atoms with Gasteiger partial charge in [-0.1, -0.05) is 34.1 Å². The maximum absolute atomic E-state index is 9.43. The first-order chi connectivity index (χ1) is 5.00. The summed E-state index contributed by atoms with van der Waals surface area (Å²) in [5, 5.41) is 9.43. The Kier molecular flexibility index (Phi) is 4.74. The highest BCUT2D eigenvalue weighted by atomic mass is 16.3. The lowest BCUT2D eigenvalue weighted by atomic mass is 9.80. The predicted molar refractivity (Wildman–Crippen MR) is 49.5 cm³/mol. The van der Waals surface area contributed by atoms with Crippen molar-refractivity contribution in [2.75, 3.05) is 0 Å². The first-order valence-electron chi connectivity index (χ1n) is 4.68. The first kappa shape index (κ1) is 11.0. The van der Waals surface area contributed by atoms with Gasteiger partial charge in [-0.3, -0.25) is 0 Å². The number of hydrogen-bond acceptors (Lipinski definition) is 1. The molecule has 1 nitrogen and oxygen atoms in total. The molecule has 0 aromatic heterocycles. The van der Waals surface area contributed by atoms with E-state index in [4.69, 9.17) is 0 Å². The van der Waals surface area contributed by atoms with Gasteiger partial charge in [-0.2, -0.15) is 0 Å². The van der Waals surface area contributed by atoms with Crippen LogP contribution in [0.2, 0.25) is 0 Å². The second kappa shape index (κ2) is 4.76. The van der Waals surface area contributed by atoms with Crippen molar-refractivity contribution >= 4 is 0 Å². The summed E-state index contributed by atoms with van der Waals surface area (Å²) in [4.78, 5) is 0. The molecule has 1 heteroatoms. The summed E-state index contributed by atoms with van der Waals surface area (Å²) in [5.74, 6) is 1.77. The van der Waals surface area contributed by atoms with Gasteiger partial charge in [0, 0.05) is 0 Å². The molecule has 1 N–H and O–H groups in total. The quantitative estimate of drug-likeness (QED) is 0.667. The highest BCUT2D eigenvalue weighted by molar-refractivity contribution is 4.71. The van der Waals surface area contributed by atoms with Gasteiger partial charge in [-0.05, 0) is 24.7 Å². The van der Waals surface area contributed by atoms with E-state index in [1.807, 2.05) is 6.92 Å². The first-order valence-corrected chi connectivity index (χ1v) is 4.68. The van der Waals surface area contributed by atoms with Crippen LogP contribution in [0, 0.1) is 17.8 Å². The van der Waals surface area contributed by atoms with Crippen LogP contribution >= 0.6 is 0 Å². The average Bonchev–Trinajstić information content (AvgIpc) is 1.88. The molecular formula is C10H22O. The van der Waals surface area contributed by atoms with Crippen LogP contribution in [0.25, 0.3) is 0 Å². The zero-order chi connectivity index (χ0) is 9.02. The Morgan fingerprint density at radius 3 is 1.64 bits per heavy atom. The third kappa shape index (κ3) is 3.24. The van der Waals surface area contributed by atoms with Gasteiger partial charge in [0.2, 0.25) is 0 Å². The Labute approximate surface area is 70.8 Å². The van der Waals surface area contributed by atoms with Gasteiger partial charge < -0.3 is 5.11 Å². The summed E-state index contributed by atoms with van der Waals surface area (Å²) in [5.41, 5.74) is 0. The molecule has 0 spiro atoms. The third-order valence-electron chi connectivity index (χ3n) is 2.82. The fourth-order valence-corrected chi connectivity index (χ4v) is 1.65. The largest absolute Gasteiger partial charge is 0.393 e. The molecule has 68 valence electrons. The number of hydrogen-bond donors (Lipinski definition) is 1. The van der Waals surface area contributed by atoms with Gasteiger partial charge in [-0.25, -0.2) is 0 Å². The lowest BCUT2D eigenvalue weighted by Gasteiger charge is -2.28. The van der Waals surface area contributed by atoms with Crippen molar-refractivity contribution in [2.45, 2.75) is 47.1 Å². The van der Waals surface area contributed by atoms with Crippen LogP contribution in [0.5, 0.6) is 0 Å². The molecule has 3 unspecified atom stereocenters. The van der Waals surface area contributed by atoms with E-state index in [1.165, 1.54) is 0 Å². The molecule has 3 atom stereocenters. The van der Waals surface area contributed by atoms with E-state index < -0.39 is 0 Å². The number of rotatable bonds is 4. The molecule has 0 rings (SSSR count). The molecule has 0 aliphatic rings. The van der Waals surface area contributed by atoms with Crippen molar-refractivity contribution in [1.29, 1.82) is 0 Å². The summed E-state index contributed by atoms with van der Waals surface area (Å²) >= 11 is 0. The van der Waals surface area contributed by atoms with E-state index in [0.717, 1.165) is 6.42 Å². The molecule has 0 radical (unpaired) electrons. The molecule has 0 amide bonds. The fourth-order valence-electron chi connectivity index (χ4n) is 1.65. The van der Waals surface area contributed by atoms with Crippen LogP contribution in [0.4, 0.5) is 0 Å². The van der Waals surface area contributed by atoms with Crippen LogP contribution in [-0.4, -0.2) is 11.2 Å². The average molecular weight is 158 g/mol. The summed E-state index contributed by atoms with van der Waals surface area (Å²) in [6.07, 6.45) is 0.925. The molecule has 0 aromatic rings. The van der Waals surface area contributed by atoms with Crippen LogP contribution < -0.4 is 0 Å². The van der Waals surface area contributed by atoms with Gasteiger partial charge in [0.1, 0.15) is 0 Å². The SMILES string of the molecule is CCC(C(C)O)C(C)C(C)C. The van der Waals surface area contributed by atoms with Crippen molar-refractivity contribution in [3.63, 3.8) is 0 Å². The fraction of sp³-hybridized carbons (Fsp3) is 1.00. The Bertz CT molecular complexity index is 97.0. The Balaban J connectivity index is 4.02. The van der Waals surface area contributed by atoms with E-state index in [0.29, 0.717) is 17.8 Å². The standard InChI is InChI=1S/C10H22O/c1-6-10(9(5)11)8(4)7(2)3/h7-11H,6H2,1-5H3. The third-order valence-corrected chi connectivity index (χ3v) is 2.82.